The first-order valence-electron chi connectivity index (χ1n) is 5.59. The Morgan fingerprint density at radius 2 is 2.33 bits per heavy atom. The Labute approximate surface area is 91.8 Å². The smallest absolute Gasteiger partial charge is 0.296 e. The van der Waals surface area contributed by atoms with Crippen molar-refractivity contribution in [3.8, 4) is 11.8 Å². The van der Waals surface area contributed by atoms with Gasteiger partial charge in [0.05, 0.1) is 5.54 Å². The Hall–Kier alpha value is -1.01. The van der Waals surface area contributed by atoms with Gasteiger partial charge in [0.15, 0.2) is 0 Å². The summed E-state index contributed by atoms with van der Waals surface area (Å²) in [6.07, 6.45) is 4.48. The summed E-state index contributed by atoms with van der Waals surface area (Å²) in [6, 6.07) is 0. The average Bonchev–Trinajstić information content (AvgIpc) is 2.22. The molecule has 2 unspecified atom stereocenters. The molecule has 0 aromatic carbocycles. The van der Waals surface area contributed by atoms with E-state index in [2.05, 4.69) is 24.1 Å². The zero-order chi connectivity index (χ0) is 11.3. The van der Waals surface area contributed by atoms with Crippen LogP contribution in [0.5, 0.6) is 0 Å². The van der Waals surface area contributed by atoms with Crippen LogP contribution in [0.2, 0.25) is 0 Å². The lowest BCUT2D eigenvalue weighted by atomic mass is 9.73. The van der Waals surface area contributed by atoms with Crippen LogP contribution in [-0.2, 0) is 4.79 Å². The molecule has 1 fully saturated rings. The summed E-state index contributed by atoms with van der Waals surface area (Å²) in [6.45, 7) is 4.33. The van der Waals surface area contributed by atoms with Crippen LogP contribution < -0.4 is 11.1 Å². The van der Waals surface area contributed by atoms with Crippen LogP contribution >= 0.6 is 0 Å². The lowest BCUT2D eigenvalue weighted by Crippen LogP contribution is -2.58. The predicted molar refractivity (Wildman–Crippen MR) is 61.0 cm³/mol. The third-order valence-electron chi connectivity index (χ3n) is 3.42. The SMILES string of the molecule is CC#CC(=O)NC1(CN)CCCCC1C. The fraction of sp³-hybridized carbons (Fsp3) is 0.750. The summed E-state index contributed by atoms with van der Waals surface area (Å²) in [5, 5.41) is 3.00. The van der Waals surface area contributed by atoms with Gasteiger partial charge >= 0.3 is 0 Å². The average molecular weight is 208 g/mol. The molecular formula is C12H20N2O. The molecular weight excluding hydrogens is 188 g/mol. The minimum Gasteiger partial charge on any atom is -0.338 e. The van der Waals surface area contributed by atoms with Crippen LogP contribution in [0.3, 0.4) is 0 Å². The Bertz CT molecular complexity index is 290. The molecule has 1 amide bonds. The minimum atomic E-state index is -0.223. The van der Waals surface area contributed by atoms with E-state index in [-0.39, 0.29) is 11.4 Å². The second-order valence-electron chi connectivity index (χ2n) is 4.34. The molecule has 0 radical (unpaired) electrons. The molecule has 0 saturated heterocycles. The van der Waals surface area contributed by atoms with Crippen molar-refractivity contribution >= 4 is 5.91 Å². The van der Waals surface area contributed by atoms with E-state index in [1.54, 1.807) is 6.92 Å². The first-order chi connectivity index (χ1) is 7.14. The summed E-state index contributed by atoms with van der Waals surface area (Å²) in [7, 11) is 0. The van der Waals surface area contributed by atoms with E-state index < -0.39 is 0 Å². The lowest BCUT2D eigenvalue weighted by molar-refractivity contribution is -0.118. The van der Waals surface area contributed by atoms with Crippen molar-refractivity contribution in [1.82, 2.24) is 5.32 Å². The van der Waals surface area contributed by atoms with E-state index in [1.807, 2.05) is 0 Å². The summed E-state index contributed by atoms with van der Waals surface area (Å²) in [4.78, 5) is 11.5. The zero-order valence-electron chi connectivity index (χ0n) is 9.60. The largest absolute Gasteiger partial charge is 0.338 e. The molecule has 0 bridgehead atoms. The van der Waals surface area contributed by atoms with Crippen molar-refractivity contribution < 1.29 is 4.79 Å². The summed E-state index contributed by atoms with van der Waals surface area (Å²) < 4.78 is 0. The number of nitrogens with two attached hydrogens (primary N) is 1. The molecule has 1 aliphatic carbocycles. The van der Waals surface area contributed by atoms with Gasteiger partial charge in [-0.1, -0.05) is 25.7 Å². The molecule has 1 saturated carbocycles. The Morgan fingerprint density at radius 1 is 1.60 bits per heavy atom. The monoisotopic (exact) mass is 208 g/mol. The van der Waals surface area contributed by atoms with Gasteiger partial charge in [0.2, 0.25) is 0 Å². The number of nitrogens with one attached hydrogen (secondary N) is 1. The summed E-state index contributed by atoms with van der Waals surface area (Å²) >= 11 is 0. The second kappa shape index (κ2) is 5.18. The van der Waals surface area contributed by atoms with Gasteiger partial charge in [-0.3, -0.25) is 4.79 Å². The predicted octanol–water partition coefficient (Wildman–Crippen LogP) is 1.03. The van der Waals surface area contributed by atoms with Gasteiger partial charge in [0, 0.05) is 6.54 Å². The van der Waals surface area contributed by atoms with Gasteiger partial charge in [-0.2, -0.15) is 0 Å². The standard InChI is InChI=1S/C12H20N2O/c1-3-6-11(15)14-12(9-13)8-5-4-7-10(12)2/h10H,4-5,7-9,13H2,1-2H3,(H,14,15). The Balaban J connectivity index is 2.73. The van der Waals surface area contributed by atoms with Crippen LogP contribution in [0.25, 0.3) is 0 Å². The van der Waals surface area contributed by atoms with E-state index in [0.717, 1.165) is 19.3 Å². The van der Waals surface area contributed by atoms with Gasteiger partial charge < -0.3 is 11.1 Å². The molecule has 84 valence electrons. The fourth-order valence-corrected chi connectivity index (χ4v) is 2.32. The third-order valence-corrected chi connectivity index (χ3v) is 3.42. The molecule has 3 N–H and O–H groups in total. The molecule has 0 aromatic rings. The van der Waals surface area contributed by atoms with Crippen molar-refractivity contribution in [3.63, 3.8) is 0 Å². The van der Waals surface area contributed by atoms with Gasteiger partial charge in [-0.25, -0.2) is 0 Å². The summed E-state index contributed by atoms with van der Waals surface area (Å²) in [5.74, 6) is 5.37. The third kappa shape index (κ3) is 2.73. The first-order valence-corrected chi connectivity index (χ1v) is 5.59. The Kier molecular flexibility index (Phi) is 4.16. The maximum atomic E-state index is 11.5. The molecule has 1 aliphatic rings. The topological polar surface area (TPSA) is 55.1 Å². The first kappa shape index (κ1) is 12.1. The van der Waals surface area contributed by atoms with Gasteiger partial charge in [0.1, 0.15) is 0 Å². The van der Waals surface area contributed by atoms with Crippen molar-refractivity contribution in [2.75, 3.05) is 6.54 Å². The second-order valence-corrected chi connectivity index (χ2v) is 4.34. The molecule has 0 heterocycles. The number of carbonyl (C=O) groups is 1. The molecule has 0 aliphatic heterocycles. The quantitative estimate of drug-likeness (QED) is 0.666. The molecule has 15 heavy (non-hydrogen) atoms. The molecule has 3 nitrogen and oxygen atoms in total. The number of amides is 1. The summed E-state index contributed by atoms with van der Waals surface area (Å²) in [5.41, 5.74) is 5.59. The Morgan fingerprint density at radius 3 is 2.87 bits per heavy atom. The molecule has 2 atom stereocenters. The van der Waals surface area contributed by atoms with Crippen molar-refractivity contribution in [2.45, 2.75) is 45.1 Å². The van der Waals surface area contributed by atoms with Gasteiger partial charge in [-0.05, 0) is 31.6 Å². The van der Waals surface area contributed by atoms with Crippen LogP contribution in [0.1, 0.15) is 39.5 Å². The van der Waals surface area contributed by atoms with E-state index in [0.29, 0.717) is 12.5 Å². The van der Waals surface area contributed by atoms with Crippen molar-refractivity contribution in [2.24, 2.45) is 11.7 Å². The van der Waals surface area contributed by atoms with Crippen LogP contribution in [0, 0.1) is 17.8 Å². The molecule has 3 heteroatoms. The van der Waals surface area contributed by atoms with Crippen LogP contribution in [0.4, 0.5) is 0 Å². The molecule has 0 spiro atoms. The number of rotatable bonds is 2. The van der Waals surface area contributed by atoms with Gasteiger partial charge in [0.25, 0.3) is 5.91 Å². The van der Waals surface area contributed by atoms with E-state index in [4.69, 9.17) is 5.73 Å². The number of carbonyl (C=O) groups excluding carboxylic acids is 1. The van der Waals surface area contributed by atoms with Crippen LogP contribution in [-0.4, -0.2) is 18.0 Å². The lowest BCUT2D eigenvalue weighted by Gasteiger charge is -2.42. The van der Waals surface area contributed by atoms with E-state index >= 15 is 0 Å². The van der Waals surface area contributed by atoms with E-state index in [1.165, 1.54) is 6.42 Å². The van der Waals surface area contributed by atoms with E-state index in [9.17, 15) is 4.79 Å². The number of hydrogen-bond acceptors (Lipinski definition) is 2. The van der Waals surface area contributed by atoms with Gasteiger partial charge in [-0.15, -0.1) is 0 Å². The highest BCUT2D eigenvalue weighted by Crippen LogP contribution is 2.32. The highest BCUT2D eigenvalue weighted by Gasteiger charge is 2.37. The highest BCUT2D eigenvalue weighted by atomic mass is 16.1. The minimum absolute atomic E-state index is 0.198. The maximum absolute atomic E-state index is 11.5. The molecule has 1 rings (SSSR count). The van der Waals surface area contributed by atoms with Crippen molar-refractivity contribution in [1.29, 1.82) is 0 Å². The maximum Gasteiger partial charge on any atom is 0.296 e. The molecule has 0 aromatic heterocycles. The fourth-order valence-electron chi connectivity index (χ4n) is 2.32. The number of hydrogen-bond donors (Lipinski definition) is 2. The van der Waals surface area contributed by atoms with Crippen molar-refractivity contribution in [3.05, 3.63) is 0 Å². The van der Waals surface area contributed by atoms with Crippen LogP contribution in [0.15, 0.2) is 0 Å². The zero-order valence-corrected chi connectivity index (χ0v) is 9.60. The highest BCUT2D eigenvalue weighted by molar-refractivity contribution is 5.94. The normalized spacial score (nSPS) is 30.2.